The summed E-state index contributed by atoms with van der Waals surface area (Å²) in [5.74, 6) is -3.75. The molecule has 0 spiro atoms. The van der Waals surface area contributed by atoms with Gasteiger partial charge in [0.2, 0.25) is 11.5 Å². The average molecular weight is 620 g/mol. The zero-order chi connectivity index (χ0) is 28.2. The number of halogens is 1. The molecule has 3 amide bonds. The molecule has 1 fully saturated rings. The molecule has 2 rings (SSSR count). The number of nitrogens with one attached hydrogen (secondary N) is 2. The van der Waals surface area contributed by atoms with Crippen LogP contribution in [0.5, 0.6) is 0 Å². The van der Waals surface area contributed by atoms with Crippen molar-refractivity contribution >= 4 is 75.8 Å². The number of aromatic nitrogens is 1. The molecule has 0 radical (unpaired) electrons. The number of carbonyl (C=O) groups is 4. The van der Waals surface area contributed by atoms with Crippen molar-refractivity contribution < 1.29 is 71.3 Å². The summed E-state index contributed by atoms with van der Waals surface area (Å²) < 4.78 is 38.4. The molecule has 1 aliphatic heterocycles. The van der Waals surface area contributed by atoms with E-state index in [4.69, 9.17) is 21.2 Å². The van der Waals surface area contributed by atoms with Crippen LogP contribution in [-0.2, 0) is 39.1 Å². The average Bonchev–Trinajstić information content (AvgIpc) is 3.21. The Morgan fingerprint density at radius 1 is 1.34 bits per heavy atom. The first-order valence-electron chi connectivity index (χ1n) is 10.8. The van der Waals surface area contributed by atoms with Gasteiger partial charge in [-0.05, 0) is 19.9 Å². The van der Waals surface area contributed by atoms with Crippen LogP contribution in [0.15, 0.2) is 10.5 Å². The third kappa shape index (κ3) is 9.85. The number of oxime groups is 1. The van der Waals surface area contributed by atoms with Crippen molar-refractivity contribution in [2.75, 3.05) is 24.3 Å². The van der Waals surface area contributed by atoms with Crippen LogP contribution in [0, 0.1) is 0 Å². The van der Waals surface area contributed by atoms with Crippen molar-refractivity contribution in [3.05, 3.63) is 11.1 Å². The summed E-state index contributed by atoms with van der Waals surface area (Å²) in [5.41, 5.74) is -2.19. The van der Waals surface area contributed by atoms with E-state index in [1.807, 2.05) is 0 Å². The van der Waals surface area contributed by atoms with E-state index >= 15 is 0 Å². The Labute approximate surface area is 252 Å². The van der Waals surface area contributed by atoms with Gasteiger partial charge < -0.3 is 24.8 Å². The van der Waals surface area contributed by atoms with E-state index in [1.165, 1.54) is 19.2 Å². The first-order valence-corrected chi connectivity index (χ1v) is 17.3. The number of hydrogen-bond donors (Lipinski definition) is 2. The van der Waals surface area contributed by atoms with E-state index in [1.54, 1.807) is 0 Å². The van der Waals surface area contributed by atoms with Crippen molar-refractivity contribution in [2.24, 2.45) is 5.16 Å². The molecule has 14 nitrogen and oxygen atoms in total. The number of amides is 3. The van der Waals surface area contributed by atoms with Gasteiger partial charge in [-0.2, -0.15) is 0 Å². The van der Waals surface area contributed by atoms with E-state index in [-0.39, 0.29) is 57.2 Å². The standard InChI is InChI=1S/C19H28ClN5O9S2Si.Na/c1-19(2,17(29)33-6-7-37(3,4)5)34-24-14(12-10-35-18(22-12)23-13(26)8-20)15(27)21-11-9-25(16(11)28)36(30,31)32;/h10-11H,6-9H2,1-5H3,(H,21,27)(H,22,23,26)(H,30,31,32);/q;+1/p-1/b24-14-;. The van der Waals surface area contributed by atoms with E-state index in [2.05, 4.69) is 40.4 Å². The third-order valence-corrected chi connectivity index (χ3v) is 8.31. The van der Waals surface area contributed by atoms with Gasteiger partial charge >= 0.3 is 35.5 Å². The maximum atomic E-state index is 12.9. The Hall–Kier alpha value is -1.60. The molecule has 1 aliphatic rings. The quantitative estimate of drug-likeness (QED) is 0.0479. The molecular formula is C19H27ClN5NaO9S2Si. The molecule has 206 valence electrons. The van der Waals surface area contributed by atoms with E-state index < -0.39 is 66.0 Å². The molecule has 0 aromatic carbocycles. The third-order valence-electron chi connectivity index (χ3n) is 4.74. The molecule has 1 saturated heterocycles. The van der Waals surface area contributed by atoms with Crippen molar-refractivity contribution in [1.82, 2.24) is 14.6 Å². The van der Waals surface area contributed by atoms with Gasteiger partial charge in [0.15, 0.2) is 21.1 Å². The number of thiazole rings is 1. The summed E-state index contributed by atoms with van der Waals surface area (Å²) in [6.45, 7) is 8.74. The molecular weight excluding hydrogens is 593 g/mol. The largest absolute Gasteiger partial charge is 1.00 e. The monoisotopic (exact) mass is 619 g/mol. The summed E-state index contributed by atoms with van der Waals surface area (Å²) in [6, 6.07) is -0.581. The normalized spacial score (nSPS) is 16.2. The predicted molar refractivity (Wildman–Crippen MR) is 136 cm³/mol. The Bertz CT molecular complexity index is 1200. The predicted octanol–water partition coefficient (Wildman–Crippen LogP) is -2.51. The Morgan fingerprint density at radius 3 is 2.50 bits per heavy atom. The van der Waals surface area contributed by atoms with Crippen LogP contribution in [0.2, 0.25) is 25.7 Å². The molecule has 1 aromatic rings. The summed E-state index contributed by atoms with van der Waals surface area (Å²) in [4.78, 5) is 58.4. The smallest absolute Gasteiger partial charge is 0.731 e. The fourth-order valence-corrected chi connectivity index (χ4v) is 4.72. The Morgan fingerprint density at radius 2 is 1.97 bits per heavy atom. The Kier molecular flexibility index (Phi) is 12.4. The number of β-lactam (4-membered cyclic amide) rings is 1. The molecule has 0 saturated carbocycles. The molecule has 1 aromatic heterocycles. The first kappa shape index (κ1) is 34.4. The molecule has 0 aliphatic carbocycles. The maximum Gasteiger partial charge on any atom is 1.00 e. The maximum absolute atomic E-state index is 12.9. The number of ether oxygens (including phenoxy) is 1. The summed E-state index contributed by atoms with van der Waals surface area (Å²) >= 11 is 6.40. The second kappa shape index (κ2) is 13.6. The number of alkyl halides is 1. The number of hydrogen-bond acceptors (Lipinski definition) is 12. The number of nitrogens with zero attached hydrogens (tertiary/aromatic N) is 3. The minimum atomic E-state index is -5.01. The van der Waals surface area contributed by atoms with Gasteiger partial charge in [-0.15, -0.1) is 22.9 Å². The number of anilines is 1. The second-order valence-electron chi connectivity index (χ2n) is 9.56. The Balaban J connectivity index is 0.00000722. The van der Waals surface area contributed by atoms with Crippen molar-refractivity contribution in [2.45, 2.75) is 51.2 Å². The van der Waals surface area contributed by atoms with E-state index in [0.717, 1.165) is 17.4 Å². The fourth-order valence-electron chi connectivity index (χ4n) is 2.55. The molecule has 2 N–H and O–H groups in total. The van der Waals surface area contributed by atoms with Crippen LogP contribution in [0.4, 0.5) is 5.13 Å². The minimum Gasteiger partial charge on any atom is -0.731 e. The SMILES string of the molecule is CC(C)(O/N=C(\C(=O)NC1CN(S(=O)(=O)[O-])C1=O)c1csc(NC(=O)CCl)n1)C(=O)OCC[Si](C)(C)C.[Na+]. The van der Waals surface area contributed by atoms with Gasteiger partial charge in [-0.1, -0.05) is 24.8 Å². The number of rotatable bonds is 12. The molecule has 19 heteroatoms. The summed E-state index contributed by atoms with van der Waals surface area (Å²) in [5, 5.41) is 9.85. The molecule has 38 heavy (non-hydrogen) atoms. The molecule has 1 atom stereocenters. The van der Waals surface area contributed by atoms with Crippen LogP contribution in [0.1, 0.15) is 19.5 Å². The van der Waals surface area contributed by atoms with Crippen molar-refractivity contribution in [3.8, 4) is 0 Å². The van der Waals surface area contributed by atoms with Gasteiger partial charge in [0, 0.05) is 13.5 Å². The summed E-state index contributed by atoms with van der Waals surface area (Å²) in [6.07, 6.45) is 0. The van der Waals surface area contributed by atoms with Crippen LogP contribution in [0.25, 0.3) is 0 Å². The number of carbonyl (C=O) groups excluding carboxylic acids is 4. The first-order chi connectivity index (χ1) is 16.9. The van der Waals surface area contributed by atoms with Gasteiger partial charge in [0.1, 0.15) is 17.6 Å². The van der Waals surface area contributed by atoms with Gasteiger partial charge in [-0.25, -0.2) is 22.5 Å². The summed E-state index contributed by atoms with van der Waals surface area (Å²) in [7, 11) is -6.47. The van der Waals surface area contributed by atoms with E-state index in [9.17, 15) is 32.1 Å². The zero-order valence-electron chi connectivity index (χ0n) is 21.7. The van der Waals surface area contributed by atoms with Crippen LogP contribution < -0.4 is 40.2 Å². The molecule has 0 bridgehead atoms. The minimum absolute atomic E-state index is 0. The molecule has 1 unspecified atom stereocenters. The van der Waals surface area contributed by atoms with Gasteiger partial charge in [-0.3, -0.25) is 14.4 Å². The van der Waals surface area contributed by atoms with Crippen molar-refractivity contribution in [3.63, 3.8) is 0 Å². The zero-order valence-corrected chi connectivity index (χ0v) is 27.1. The number of esters is 1. The molecule has 2 heterocycles. The van der Waals surface area contributed by atoms with Gasteiger partial charge in [0.25, 0.3) is 11.8 Å². The van der Waals surface area contributed by atoms with Crippen molar-refractivity contribution in [1.29, 1.82) is 0 Å². The van der Waals surface area contributed by atoms with Crippen LogP contribution >= 0.6 is 22.9 Å². The van der Waals surface area contributed by atoms with Crippen LogP contribution in [-0.4, -0.2) is 90.4 Å². The van der Waals surface area contributed by atoms with Crippen LogP contribution in [0.3, 0.4) is 0 Å². The van der Waals surface area contributed by atoms with E-state index in [0.29, 0.717) is 0 Å². The fraction of sp³-hybridized carbons (Fsp3) is 0.579. The topological polar surface area (TPSA) is 196 Å². The second-order valence-corrected chi connectivity index (χ2v) is 17.6. The van der Waals surface area contributed by atoms with Gasteiger partial charge in [0.05, 0.1) is 13.2 Å².